The van der Waals surface area contributed by atoms with Crippen LogP contribution in [0.3, 0.4) is 0 Å². The third kappa shape index (κ3) is 7.07. The van der Waals surface area contributed by atoms with Crippen LogP contribution in [0.25, 0.3) is 0 Å². The Morgan fingerprint density at radius 3 is 1.95 bits per heavy atom. The summed E-state index contributed by atoms with van der Waals surface area (Å²) in [6, 6.07) is 17.9. The molecule has 0 spiro atoms. The molecule has 3 aromatic rings. The monoisotopic (exact) mass is 606 g/mol. The normalized spacial score (nSPS) is 18.2. The number of rotatable bonds is 12. The number of hydrogen-bond donors (Lipinski definition) is 0. The second kappa shape index (κ2) is 14.6. The molecule has 2 heterocycles. The fraction of sp³-hybridized carbons (Fsp3) is 0.424. The first-order valence-electron chi connectivity index (χ1n) is 14.3. The predicted octanol–water partition coefficient (Wildman–Crippen LogP) is 6.19. The summed E-state index contributed by atoms with van der Waals surface area (Å²) in [4.78, 5) is 3.39. The fourth-order valence-corrected chi connectivity index (χ4v) is 6.20. The summed E-state index contributed by atoms with van der Waals surface area (Å²) in [5.41, 5.74) is 3.67. The molecule has 0 N–H and O–H groups in total. The van der Waals surface area contributed by atoms with Gasteiger partial charge in [-0.2, -0.15) is 5.26 Å². The number of morpholine rings is 1. The first-order valence-corrected chi connectivity index (χ1v) is 15.3. The molecule has 0 radical (unpaired) electrons. The zero-order valence-corrected chi connectivity index (χ0v) is 25.9. The van der Waals surface area contributed by atoms with Crippen molar-refractivity contribution in [2.45, 2.75) is 29.9 Å². The first-order chi connectivity index (χ1) is 21.1. The lowest BCUT2D eigenvalue weighted by Crippen LogP contribution is -2.36. The zero-order chi connectivity index (χ0) is 30.2. The number of thioether (sulfide) groups is 1. The topological polar surface area (TPSA) is 91.6 Å². The van der Waals surface area contributed by atoms with E-state index >= 15 is 0 Å². The lowest BCUT2D eigenvalue weighted by atomic mass is 10.0. The van der Waals surface area contributed by atoms with Gasteiger partial charge in [0.2, 0.25) is 5.75 Å². The molecule has 2 unspecified atom stereocenters. The Balaban J connectivity index is 1.35. The number of nitriles is 1. The second-order valence-electron chi connectivity index (χ2n) is 10.2. The Bertz CT molecular complexity index is 1390. The summed E-state index contributed by atoms with van der Waals surface area (Å²) in [6.45, 7) is 3.35. The van der Waals surface area contributed by atoms with Crippen molar-refractivity contribution in [1.82, 2.24) is 0 Å². The SMILES string of the molecule is COc1cc(C2CCC(c3cc(OC)c(OCCSc4ccc(C#N)cc4)c(N4CCOCC4)c3)O2)cc(OC)c1OC. The third-order valence-electron chi connectivity index (χ3n) is 7.66. The van der Waals surface area contributed by atoms with Crippen LogP contribution in [0.5, 0.6) is 28.7 Å². The van der Waals surface area contributed by atoms with Gasteiger partial charge in [0.05, 0.1) is 77.8 Å². The molecule has 2 atom stereocenters. The van der Waals surface area contributed by atoms with E-state index in [1.54, 1.807) is 40.2 Å². The van der Waals surface area contributed by atoms with E-state index in [9.17, 15) is 0 Å². The average Bonchev–Trinajstić information content (AvgIpc) is 3.57. The molecular weight excluding hydrogens is 568 g/mol. The maximum atomic E-state index is 9.04. The molecule has 10 heteroatoms. The lowest BCUT2D eigenvalue weighted by Gasteiger charge is -2.31. The molecule has 2 saturated heterocycles. The fourth-order valence-electron chi connectivity index (χ4n) is 5.47. The Hall–Kier alpha value is -3.78. The third-order valence-corrected chi connectivity index (χ3v) is 8.64. The first kappa shape index (κ1) is 30.7. The van der Waals surface area contributed by atoms with Crippen LogP contribution in [0.1, 0.15) is 41.7 Å². The quantitative estimate of drug-likeness (QED) is 0.175. The van der Waals surface area contributed by atoms with Crippen LogP contribution in [0, 0.1) is 11.3 Å². The maximum Gasteiger partial charge on any atom is 0.203 e. The van der Waals surface area contributed by atoms with Crippen molar-refractivity contribution >= 4 is 17.4 Å². The van der Waals surface area contributed by atoms with E-state index in [2.05, 4.69) is 17.0 Å². The molecule has 0 aromatic heterocycles. The van der Waals surface area contributed by atoms with Gasteiger partial charge in [-0.15, -0.1) is 11.8 Å². The molecule has 5 rings (SSSR count). The van der Waals surface area contributed by atoms with Crippen molar-refractivity contribution in [1.29, 1.82) is 5.26 Å². The van der Waals surface area contributed by atoms with Gasteiger partial charge >= 0.3 is 0 Å². The standard InChI is InChI=1S/C33H38N2O7S/c1-36-29-18-23(27-9-10-28(42-27)24-19-30(37-2)33(39-4)31(20-24)38-3)17-26(35-11-13-40-14-12-35)32(29)41-15-16-43-25-7-5-22(21-34)6-8-25/h5-8,17-20,27-28H,9-16H2,1-4H3. The van der Waals surface area contributed by atoms with Crippen molar-refractivity contribution in [3.05, 3.63) is 65.2 Å². The van der Waals surface area contributed by atoms with Gasteiger partial charge in [-0.05, 0) is 72.5 Å². The van der Waals surface area contributed by atoms with E-state index in [4.69, 9.17) is 38.4 Å². The van der Waals surface area contributed by atoms with Crippen LogP contribution >= 0.6 is 11.8 Å². The molecule has 2 fully saturated rings. The average molecular weight is 607 g/mol. The summed E-state index contributed by atoms with van der Waals surface area (Å²) in [5.74, 6) is 3.95. The summed E-state index contributed by atoms with van der Waals surface area (Å²) < 4.78 is 41.2. The Labute approximate surface area is 257 Å². The van der Waals surface area contributed by atoms with E-state index in [0.29, 0.717) is 48.4 Å². The number of methoxy groups -OCH3 is 4. The molecular formula is C33H38N2O7S. The number of nitrogens with zero attached hydrogens (tertiary/aromatic N) is 2. The van der Waals surface area contributed by atoms with Crippen molar-refractivity contribution in [3.8, 4) is 34.8 Å². The Kier molecular flexibility index (Phi) is 10.4. The van der Waals surface area contributed by atoms with Crippen LogP contribution < -0.4 is 28.6 Å². The van der Waals surface area contributed by atoms with Gasteiger partial charge < -0.3 is 38.1 Å². The van der Waals surface area contributed by atoms with Crippen LogP contribution in [0.4, 0.5) is 5.69 Å². The van der Waals surface area contributed by atoms with E-state index in [-0.39, 0.29) is 12.2 Å². The van der Waals surface area contributed by atoms with Crippen molar-refractivity contribution in [2.75, 3.05) is 72.0 Å². The van der Waals surface area contributed by atoms with E-state index in [1.165, 1.54) is 0 Å². The smallest absolute Gasteiger partial charge is 0.203 e. The van der Waals surface area contributed by atoms with E-state index in [0.717, 1.165) is 59.1 Å². The molecule has 0 saturated carbocycles. The highest BCUT2D eigenvalue weighted by Crippen LogP contribution is 2.48. The van der Waals surface area contributed by atoms with Crippen molar-refractivity contribution in [3.63, 3.8) is 0 Å². The number of ether oxygens (including phenoxy) is 7. The molecule has 2 aliphatic heterocycles. The Morgan fingerprint density at radius 2 is 1.40 bits per heavy atom. The van der Waals surface area contributed by atoms with Crippen LogP contribution in [0.15, 0.2) is 53.4 Å². The molecule has 0 bridgehead atoms. The molecule has 3 aromatic carbocycles. The van der Waals surface area contributed by atoms with Gasteiger partial charge in [0.25, 0.3) is 0 Å². The molecule has 228 valence electrons. The van der Waals surface area contributed by atoms with Gasteiger partial charge in [0, 0.05) is 23.7 Å². The largest absolute Gasteiger partial charge is 0.493 e. The highest BCUT2D eigenvalue weighted by Gasteiger charge is 2.32. The minimum atomic E-state index is -0.119. The minimum absolute atomic E-state index is 0.112. The van der Waals surface area contributed by atoms with Crippen LogP contribution in [-0.4, -0.2) is 67.1 Å². The van der Waals surface area contributed by atoms with Crippen LogP contribution in [0.2, 0.25) is 0 Å². The minimum Gasteiger partial charge on any atom is -0.493 e. The zero-order valence-electron chi connectivity index (χ0n) is 25.1. The maximum absolute atomic E-state index is 9.04. The molecule has 2 aliphatic rings. The lowest BCUT2D eigenvalue weighted by molar-refractivity contribution is 0.0436. The van der Waals surface area contributed by atoms with E-state index < -0.39 is 0 Å². The molecule has 43 heavy (non-hydrogen) atoms. The molecule has 0 amide bonds. The molecule has 0 aliphatic carbocycles. The number of hydrogen-bond acceptors (Lipinski definition) is 10. The van der Waals surface area contributed by atoms with Crippen molar-refractivity contribution in [2.24, 2.45) is 0 Å². The second-order valence-corrected chi connectivity index (χ2v) is 11.3. The summed E-state index contributed by atoms with van der Waals surface area (Å²) in [7, 11) is 6.51. The van der Waals surface area contributed by atoms with Gasteiger partial charge in [0.1, 0.15) is 0 Å². The molecule has 9 nitrogen and oxygen atoms in total. The summed E-state index contributed by atoms with van der Waals surface area (Å²) in [5, 5.41) is 9.04. The summed E-state index contributed by atoms with van der Waals surface area (Å²) >= 11 is 1.69. The van der Waals surface area contributed by atoms with Gasteiger partial charge in [-0.1, -0.05) is 0 Å². The Morgan fingerprint density at radius 1 is 0.814 bits per heavy atom. The van der Waals surface area contributed by atoms with Gasteiger partial charge in [0.15, 0.2) is 23.0 Å². The predicted molar refractivity (Wildman–Crippen MR) is 165 cm³/mol. The highest BCUT2D eigenvalue weighted by molar-refractivity contribution is 7.99. The number of benzene rings is 3. The van der Waals surface area contributed by atoms with Gasteiger partial charge in [-0.3, -0.25) is 0 Å². The van der Waals surface area contributed by atoms with Crippen LogP contribution in [-0.2, 0) is 9.47 Å². The highest BCUT2D eigenvalue weighted by atomic mass is 32.2. The summed E-state index contributed by atoms with van der Waals surface area (Å²) in [6.07, 6.45) is 1.48. The van der Waals surface area contributed by atoms with E-state index in [1.807, 2.05) is 42.5 Å². The number of anilines is 1. The van der Waals surface area contributed by atoms with Crippen molar-refractivity contribution < 1.29 is 33.2 Å². The van der Waals surface area contributed by atoms with Gasteiger partial charge in [-0.25, -0.2) is 0 Å².